The van der Waals surface area contributed by atoms with E-state index in [0.29, 0.717) is 0 Å². The van der Waals surface area contributed by atoms with Gasteiger partial charge >= 0.3 is 0 Å². The van der Waals surface area contributed by atoms with Crippen molar-refractivity contribution in [1.82, 2.24) is 20.2 Å². The van der Waals surface area contributed by atoms with Crippen LogP contribution in [0.25, 0.3) is 5.69 Å². The Morgan fingerprint density at radius 2 is 2.12 bits per heavy atom. The van der Waals surface area contributed by atoms with E-state index < -0.39 is 0 Å². The molecule has 2 rings (SSSR count). The van der Waals surface area contributed by atoms with Crippen LogP contribution in [-0.2, 0) is 0 Å². The quantitative estimate of drug-likeness (QED) is 0.601. The highest BCUT2D eigenvalue weighted by Gasteiger charge is 2.08. The molecule has 0 spiro atoms. The Hall–Kier alpha value is -1.62. The third kappa shape index (κ3) is 2.94. The van der Waals surface area contributed by atoms with Gasteiger partial charge in [-0.15, -0.1) is 5.10 Å². The summed E-state index contributed by atoms with van der Waals surface area (Å²) in [6.45, 7) is 6.08. The SMILES string of the molecule is C=C(CC)CSc1nnnn1-c1ccccc1. The number of para-hydroxylation sites is 1. The van der Waals surface area contributed by atoms with Gasteiger partial charge in [0, 0.05) is 5.75 Å². The summed E-state index contributed by atoms with van der Waals surface area (Å²) in [5, 5.41) is 12.5. The molecule has 0 aliphatic carbocycles. The van der Waals surface area contributed by atoms with Crippen molar-refractivity contribution in [2.24, 2.45) is 0 Å². The number of hydrogen-bond acceptors (Lipinski definition) is 4. The van der Waals surface area contributed by atoms with Crippen molar-refractivity contribution in [2.45, 2.75) is 18.5 Å². The van der Waals surface area contributed by atoms with E-state index in [4.69, 9.17) is 0 Å². The number of hydrogen-bond donors (Lipinski definition) is 0. The largest absolute Gasteiger partial charge is 0.214 e. The zero-order valence-electron chi connectivity index (χ0n) is 9.71. The molecule has 0 radical (unpaired) electrons. The van der Waals surface area contributed by atoms with Crippen LogP contribution in [0.3, 0.4) is 0 Å². The van der Waals surface area contributed by atoms with Crippen LogP contribution in [-0.4, -0.2) is 26.0 Å². The van der Waals surface area contributed by atoms with Crippen LogP contribution in [0.5, 0.6) is 0 Å². The summed E-state index contributed by atoms with van der Waals surface area (Å²) < 4.78 is 1.74. The Labute approximate surface area is 105 Å². The molecule has 0 N–H and O–H groups in total. The summed E-state index contributed by atoms with van der Waals surface area (Å²) in [5.41, 5.74) is 2.17. The molecule has 0 atom stereocenters. The fourth-order valence-corrected chi connectivity index (χ4v) is 2.16. The highest BCUT2D eigenvalue weighted by atomic mass is 32.2. The van der Waals surface area contributed by atoms with Gasteiger partial charge in [-0.2, -0.15) is 4.68 Å². The van der Waals surface area contributed by atoms with E-state index in [1.54, 1.807) is 16.4 Å². The molecule has 4 nitrogen and oxygen atoms in total. The lowest BCUT2D eigenvalue weighted by Gasteiger charge is -2.04. The molecule has 1 aromatic carbocycles. The van der Waals surface area contributed by atoms with Crippen LogP contribution in [0.15, 0.2) is 47.6 Å². The standard InChI is InChI=1S/C12H14N4S/c1-3-10(2)9-17-12-13-14-15-16(12)11-7-5-4-6-8-11/h4-8H,2-3,9H2,1H3. The molecular weight excluding hydrogens is 232 g/mol. The molecule has 88 valence electrons. The molecule has 1 heterocycles. The number of thioether (sulfide) groups is 1. The molecule has 1 aromatic heterocycles. The first-order valence-corrected chi connectivity index (χ1v) is 6.43. The second-order valence-electron chi connectivity index (χ2n) is 3.60. The molecule has 0 bridgehead atoms. The van der Waals surface area contributed by atoms with E-state index in [9.17, 15) is 0 Å². The minimum Gasteiger partial charge on any atom is -0.188 e. The predicted molar refractivity (Wildman–Crippen MR) is 69.3 cm³/mol. The van der Waals surface area contributed by atoms with Gasteiger partial charge < -0.3 is 0 Å². The van der Waals surface area contributed by atoms with E-state index in [2.05, 4.69) is 29.0 Å². The fourth-order valence-electron chi connectivity index (χ4n) is 1.27. The summed E-state index contributed by atoms with van der Waals surface area (Å²) in [7, 11) is 0. The van der Waals surface area contributed by atoms with Crippen molar-refractivity contribution < 1.29 is 0 Å². The minimum atomic E-state index is 0.797. The second kappa shape index (κ2) is 5.63. The molecule has 17 heavy (non-hydrogen) atoms. The van der Waals surface area contributed by atoms with Gasteiger partial charge in [-0.1, -0.05) is 49.0 Å². The lowest BCUT2D eigenvalue weighted by molar-refractivity contribution is 0.756. The first-order valence-electron chi connectivity index (χ1n) is 5.44. The second-order valence-corrected chi connectivity index (χ2v) is 4.54. The zero-order chi connectivity index (χ0) is 12.1. The van der Waals surface area contributed by atoms with Gasteiger partial charge in [-0.05, 0) is 29.0 Å². The first kappa shape index (κ1) is 11.9. The molecule has 0 unspecified atom stereocenters. The van der Waals surface area contributed by atoms with Crippen LogP contribution < -0.4 is 0 Å². The van der Waals surface area contributed by atoms with Crippen molar-refractivity contribution >= 4 is 11.8 Å². The van der Waals surface area contributed by atoms with Crippen molar-refractivity contribution in [3.63, 3.8) is 0 Å². The third-order valence-electron chi connectivity index (χ3n) is 2.35. The van der Waals surface area contributed by atoms with Crippen LogP contribution in [0, 0.1) is 0 Å². The Balaban J connectivity index is 2.15. The van der Waals surface area contributed by atoms with Gasteiger partial charge in [0.25, 0.3) is 0 Å². The highest BCUT2D eigenvalue weighted by Crippen LogP contribution is 2.20. The third-order valence-corrected chi connectivity index (χ3v) is 3.41. The molecule has 0 fully saturated rings. The number of benzene rings is 1. The van der Waals surface area contributed by atoms with E-state index >= 15 is 0 Å². The highest BCUT2D eigenvalue weighted by molar-refractivity contribution is 7.99. The minimum absolute atomic E-state index is 0.797. The van der Waals surface area contributed by atoms with Crippen molar-refractivity contribution in [3.05, 3.63) is 42.5 Å². The maximum atomic E-state index is 4.02. The Bertz CT molecular complexity index is 492. The zero-order valence-corrected chi connectivity index (χ0v) is 10.5. The topological polar surface area (TPSA) is 43.6 Å². The monoisotopic (exact) mass is 246 g/mol. The average molecular weight is 246 g/mol. The maximum absolute atomic E-state index is 4.02. The van der Waals surface area contributed by atoms with Crippen molar-refractivity contribution in [3.8, 4) is 5.69 Å². The Kier molecular flexibility index (Phi) is 3.93. The summed E-state index contributed by atoms with van der Waals surface area (Å²) in [6.07, 6.45) is 0.986. The number of nitrogens with zero attached hydrogens (tertiary/aromatic N) is 4. The average Bonchev–Trinajstić information content (AvgIpc) is 2.85. The van der Waals surface area contributed by atoms with E-state index in [-0.39, 0.29) is 0 Å². The maximum Gasteiger partial charge on any atom is 0.214 e. The molecule has 2 aromatic rings. The molecular formula is C12H14N4S. The number of rotatable bonds is 5. The molecule has 0 amide bonds. The summed E-state index contributed by atoms with van der Waals surface area (Å²) in [6, 6.07) is 9.87. The lowest BCUT2D eigenvalue weighted by atomic mass is 10.3. The number of aromatic nitrogens is 4. The van der Waals surface area contributed by atoms with E-state index in [0.717, 1.165) is 23.0 Å². The van der Waals surface area contributed by atoms with Crippen LogP contribution in [0.1, 0.15) is 13.3 Å². The van der Waals surface area contributed by atoms with Crippen LogP contribution in [0.2, 0.25) is 0 Å². The normalized spacial score (nSPS) is 10.4. The van der Waals surface area contributed by atoms with Crippen LogP contribution >= 0.6 is 11.8 Å². The van der Waals surface area contributed by atoms with Gasteiger partial charge in [0.2, 0.25) is 5.16 Å². The Morgan fingerprint density at radius 3 is 2.82 bits per heavy atom. The fraction of sp³-hybridized carbons (Fsp3) is 0.250. The molecule has 0 saturated heterocycles. The van der Waals surface area contributed by atoms with Gasteiger partial charge in [-0.3, -0.25) is 0 Å². The molecule has 0 aliphatic heterocycles. The Morgan fingerprint density at radius 1 is 1.35 bits per heavy atom. The predicted octanol–water partition coefficient (Wildman–Crippen LogP) is 2.72. The smallest absolute Gasteiger partial charge is 0.188 e. The summed E-state index contributed by atoms with van der Waals surface area (Å²) in [5.74, 6) is 0.851. The van der Waals surface area contributed by atoms with Crippen molar-refractivity contribution in [1.29, 1.82) is 0 Å². The van der Waals surface area contributed by atoms with Crippen LogP contribution in [0.4, 0.5) is 0 Å². The lowest BCUT2D eigenvalue weighted by Crippen LogP contribution is -1.99. The molecule has 5 heteroatoms. The van der Waals surface area contributed by atoms with E-state index in [1.807, 2.05) is 30.3 Å². The van der Waals surface area contributed by atoms with Gasteiger partial charge in [0.15, 0.2) is 0 Å². The number of tetrazole rings is 1. The molecule has 0 aliphatic rings. The summed E-state index contributed by atoms with van der Waals surface area (Å²) in [4.78, 5) is 0. The van der Waals surface area contributed by atoms with Gasteiger partial charge in [-0.25, -0.2) is 0 Å². The van der Waals surface area contributed by atoms with Gasteiger partial charge in [0.1, 0.15) is 0 Å². The van der Waals surface area contributed by atoms with E-state index in [1.165, 1.54) is 5.57 Å². The van der Waals surface area contributed by atoms with Gasteiger partial charge in [0.05, 0.1) is 5.69 Å². The molecule has 0 saturated carbocycles. The first-order chi connectivity index (χ1) is 8.31. The van der Waals surface area contributed by atoms with Crippen molar-refractivity contribution in [2.75, 3.05) is 5.75 Å². The summed E-state index contributed by atoms with van der Waals surface area (Å²) >= 11 is 1.61.